The molecule has 3 rings (SSSR count). The second-order valence-electron chi connectivity index (χ2n) is 8.52. The number of nitrogens with one attached hydrogen (secondary N) is 2. The molecule has 0 radical (unpaired) electrons. The normalized spacial score (nSPS) is 21.0. The molecule has 1 saturated carbocycles. The Kier molecular flexibility index (Phi) is 7.67. The lowest BCUT2D eigenvalue weighted by Crippen LogP contribution is -2.40. The quantitative estimate of drug-likeness (QED) is 0.545. The second-order valence-corrected chi connectivity index (χ2v) is 8.52. The van der Waals surface area contributed by atoms with E-state index in [-0.39, 0.29) is 6.04 Å². The van der Waals surface area contributed by atoms with E-state index in [9.17, 15) is 0 Å². The van der Waals surface area contributed by atoms with Crippen molar-refractivity contribution >= 4 is 5.96 Å². The topological polar surface area (TPSA) is 67.1 Å². The fourth-order valence-electron chi connectivity index (χ4n) is 4.14. The molecule has 0 amide bonds. The van der Waals surface area contributed by atoms with E-state index >= 15 is 0 Å². The van der Waals surface area contributed by atoms with Gasteiger partial charge in [0.05, 0.1) is 6.04 Å². The SMILES string of the molecule is Cc1nnc(CN=C(NCCC2CCCC(C)C2)NC(C)c2ccccc2)n1C. The van der Waals surface area contributed by atoms with Crippen molar-refractivity contribution in [2.45, 2.75) is 65.5 Å². The summed E-state index contributed by atoms with van der Waals surface area (Å²) in [6.45, 7) is 7.97. The van der Waals surface area contributed by atoms with Gasteiger partial charge in [-0.15, -0.1) is 10.2 Å². The lowest BCUT2D eigenvalue weighted by Gasteiger charge is -2.27. The molecule has 6 nitrogen and oxygen atoms in total. The van der Waals surface area contributed by atoms with Crippen molar-refractivity contribution in [2.24, 2.45) is 23.9 Å². The first kappa shape index (κ1) is 21.3. The van der Waals surface area contributed by atoms with Crippen LogP contribution in [0.5, 0.6) is 0 Å². The molecule has 1 aliphatic rings. The van der Waals surface area contributed by atoms with Crippen molar-refractivity contribution in [1.29, 1.82) is 0 Å². The van der Waals surface area contributed by atoms with Crippen molar-refractivity contribution < 1.29 is 0 Å². The number of hydrogen-bond donors (Lipinski definition) is 2. The summed E-state index contributed by atoms with van der Waals surface area (Å²) in [6.07, 6.45) is 6.70. The molecule has 6 heteroatoms. The molecule has 2 N–H and O–H groups in total. The summed E-state index contributed by atoms with van der Waals surface area (Å²) in [5.74, 6) is 4.32. The zero-order valence-corrected chi connectivity index (χ0v) is 18.4. The highest BCUT2D eigenvalue weighted by Gasteiger charge is 2.18. The highest BCUT2D eigenvalue weighted by atomic mass is 15.3. The molecule has 1 aromatic heterocycles. The Morgan fingerprint density at radius 1 is 1.24 bits per heavy atom. The molecule has 2 aromatic rings. The van der Waals surface area contributed by atoms with Crippen LogP contribution in [-0.4, -0.2) is 27.3 Å². The summed E-state index contributed by atoms with van der Waals surface area (Å²) in [5.41, 5.74) is 1.25. The van der Waals surface area contributed by atoms with Gasteiger partial charge in [0.15, 0.2) is 11.8 Å². The van der Waals surface area contributed by atoms with Gasteiger partial charge < -0.3 is 15.2 Å². The third-order valence-electron chi connectivity index (χ3n) is 6.10. The zero-order valence-electron chi connectivity index (χ0n) is 18.4. The first-order chi connectivity index (χ1) is 14.0. The number of rotatable bonds is 7. The Labute approximate surface area is 175 Å². The van der Waals surface area contributed by atoms with Gasteiger partial charge in [0.2, 0.25) is 0 Å². The fraction of sp³-hybridized carbons (Fsp3) is 0.609. The van der Waals surface area contributed by atoms with Crippen molar-refractivity contribution in [2.75, 3.05) is 6.54 Å². The maximum absolute atomic E-state index is 4.80. The van der Waals surface area contributed by atoms with Crippen LogP contribution < -0.4 is 10.6 Å². The van der Waals surface area contributed by atoms with Gasteiger partial charge in [-0.1, -0.05) is 56.5 Å². The van der Waals surface area contributed by atoms with E-state index in [2.05, 4.69) is 58.9 Å². The van der Waals surface area contributed by atoms with Crippen LogP contribution in [0.25, 0.3) is 0 Å². The molecular weight excluding hydrogens is 360 g/mol. The van der Waals surface area contributed by atoms with Gasteiger partial charge >= 0.3 is 0 Å². The van der Waals surface area contributed by atoms with E-state index in [0.717, 1.165) is 36.0 Å². The average Bonchev–Trinajstić information content (AvgIpc) is 3.04. The average molecular weight is 397 g/mol. The number of guanidine groups is 1. The molecule has 3 unspecified atom stereocenters. The molecule has 158 valence electrons. The largest absolute Gasteiger partial charge is 0.356 e. The lowest BCUT2D eigenvalue weighted by molar-refractivity contribution is 0.270. The number of aryl methyl sites for hydroxylation is 1. The van der Waals surface area contributed by atoms with Crippen LogP contribution >= 0.6 is 0 Å². The first-order valence-electron chi connectivity index (χ1n) is 11.0. The molecular formula is C23H36N6. The van der Waals surface area contributed by atoms with Crippen LogP contribution in [-0.2, 0) is 13.6 Å². The fourth-order valence-corrected chi connectivity index (χ4v) is 4.14. The number of aliphatic imine (C=N–C) groups is 1. The summed E-state index contributed by atoms with van der Waals surface area (Å²) in [7, 11) is 1.98. The monoisotopic (exact) mass is 396 g/mol. The lowest BCUT2D eigenvalue weighted by atomic mass is 9.81. The van der Waals surface area contributed by atoms with Gasteiger partial charge in [0.1, 0.15) is 12.4 Å². The number of hydrogen-bond acceptors (Lipinski definition) is 3. The van der Waals surface area contributed by atoms with Gasteiger partial charge in [-0.3, -0.25) is 0 Å². The molecule has 1 fully saturated rings. The zero-order chi connectivity index (χ0) is 20.6. The van der Waals surface area contributed by atoms with Gasteiger partial charge in [0, 0.05) is 13.6 Å². The van der Waals surface area contributed by atoms with Crippen LogP contribution in [0.15, 0.2) is 35.3 Å². The molecule has 0 saturated heterocycles. The Morgan fingerprint density at radius 2 is 2.03 bits per heavy atom. The van der Waals surface area contributed by atoms with E-state index in [1.807, 2.05) is 24.6 Å². The van der Waals surface area contributed by atoms with Gasteiger partial charge in [0.25, 0.3) is 0 Å². The summed E-state index contributed by atoms with van der Waals surface area (Å²) in [4.78, 5) is 4.80. The van der Waals surface area contributed by atoms with E-state index in [4.69, 9.17) is 4.99 Å². The van der Waals surface area contributed by atoms with E-state index in [1.165, 1.54) is 37.7 Å². The molecule has 0 spiro atoms. The van der Waals surface area contributed by atoms with E-state index in [0.29, 0.717) is 6.54 Å². The minimum atomic E-state index is 0.179. The van der Waals surface area contributed by atoms with Crippen LogP contribution in [0.1, 0.15) is 69.2 Å². The number of nitrogens with zero attached hydrogens (tertiary/aromatic N) is 4. The summed E-state index contributed by atoms with van der Waals surface area (Å²) in [6, 6.07) is 10.7. The van der Waals surface area contributed by atoms with Crippen molar-refractivity contribution in [3.8, 4) is 0 Å². The third kappa shape index (κ3) is 6.31. The number of benzene rings is 1. The van der Waals surface area contributed by atoms with Crippen LogP contribution in [0.2, 0.25) is 0 Å². The summed E-state index contributed by atoms with van der Waals surface area (Å²) >= 11 is 0. The van der Waals surface area contributed by atoms with Crippen LogP contribution in [0.4, 0.5) is 0 Å². The molecule has 1 aliphatic carbocycles. The Balaban J connectivity index is 1.61. The molecule has 1 aromatic carbocycles. The number of aromatic nitrogens is 3. The standard InChI is InChI=1S/C23H36N6/c1-17-9-8-10-20(15-17)13-14-24-23(25-16-22-28-27-19(3)29(22)4)26-18(2)21-11-6-5-7-12-21/h5-7,11-12,17-18,20H,8-10,13-16H2,1-4H3,(H2,24,25,26). The maximum Gasteiger partial charge on any atom is 0.192 e. The third-order valence-corrected chi connectivity index (χ3v) is 6.10. The van der Waals surface area contributed by atoms with Crippen molar-refractivity contribution in [3.05, 3.63) is 47.5 Å². The Hall–Kier alpha value is -2.37. The van der Waals surface area contributed by atoms with Crippen LogP contribution in [0, 0.1) is 18.8 Å². The van der Waals surface area contributed by atoms with Crippen molar-refractivity contribution in [3.63, 3.8) is 0 Å². The summed E-state index contributed by atoms with van der Waals surface area (Å²) < 4.78 is 1.99. The molecule has 0 aliphatic heterocycles. The highest BCUT2D eigenvalue weighted by molar-refractivity contribution is 5.80. The Bertz CT molecular complexity index is 782. The van der Waals surface area contributed by atoms with E-state index < -0.39 is 0 Å². The van der Waals surface area contributed by atoms with Gasteiger partial charge in [-0.05, 0) is 44.1 Å². The minimum absolute atomic E-state index is 0.179. The molecule has 1 heterocycles. The van der Waals surface area contributed by atoms with Crippen molar-refractivity contribution in [1.82, 2.24) is 25.4 Å². The Morgan fingerprint density at radius 3 is 2.72 bits per heavy atom. The summed E-state index contributed by atoms with van der Waals surface area (Å²) in [5, 5.41) is 15.5. The first-order valence-corrected chi connectivity index (χ1v) is 11.0. The molecule has 0 bridgehead atoms. The molecule has 3 atom stereocenters. The smallest absolute Gasteiger partial charge is 0.192 e. The minimum Gasteiger partial charge on any atom is -0.356 e. The second kappa shape index (κ2) is 10.4. The van der Waals surface area contributed by atoms with Gasteiger partial charge in [-0.2, -0.15) is 0 Å². The highest BCUT2D eigenvalue weighted by Crippen LogP contribution is 2.30. The predicted octanol–water partition coefficient (Wildman–Crippen LogP) is 4.14. The molecule has 29 heavy (non-hydrogen) atoms. The van der Waals surface area contributed by atoms with E-state index in [1.54, 1.807) is 0 Å². The predicted molar refractivity (Wildman–Crippen MR) is 119 cm³/mol. The van der Waals surface area contributed by atoms with Crippen LogP contribution in [0.3, 0.4) is 0 Å². The maximum atomic E-state index is 4.80. The van der Waals surface area contributed by atoms with Gasteiger partial charge in [-0.25, -0.2) is 4.99 Å².